The Hall–Kier alpha value is -0.860. The van der Waals surface area contributed by atoms with E-state index in [1.807, 2.05) is 0 Å². The van der Waals surface area contributed by atoms with Crippen LogP contribution in [0.5, 0.6) is 0 Å². The predicted octanol–water partition coefficient (Wildman–Crippen LogP) is 1.55. The van der Waals surface area contributed by atoms with Crippen molar-refractivity contribution >= 4 is 12.3 Å². The standard InChI is InChI=1S/C11H16O3/c1-2-14-10(13)11(7-12)6-8-3-4-9(11)5-8/h7-9H,2-6H2,1H3. The second-order valence-corrected chi connectivity index (χ2v) is 4.46. The molecule has 78 valence electrons. The highest BCUT2D eigenvalue weighted by atomic mass is 16.5. The molecule has 14 heavy (non-hydrogen) atoms. The first-order chi connectivity index (χ1) is 6.73. The summed E-state index contributed by atoms with van der Waals surface area (Å²) in [4.78, 5) is 22.9. The van der Waals surface area contributed by atoms with E-state index in [-0.39, 0.29) is 11.9 Å². The predicted molar refractivity (Wildman–Crippen MR) is 50.6 cm³/mol. The molecular weight excluding hydrogens is 180 g/mol. The Morgan fingerprint density at radius 1 is 1.57 bits per heavy atom. The van der Waals surface area contributed by atoms with E-state index in [4.69, 9.17) is 4.74 Å². The van der Waals surface area contributed by atoms with E-state index in [2.05, 4.69) is 0 Å². The maximum atomic E-state index is 11.7. The molecule has 2 fully saturated rings. The number of esters is 1. The lowest BCUT2D eigenvalue weighted by Gasteiger charge is -2.29. The highest BCUT2D eigenvalue weighted by Crippen LogP contribution is 2.55. The molecule has 0 aromatic carbocycles. The third kappa shape index (κ3) is 1.18. The van der Waals surface area contributed by atoms with Gasteiger partial charge in [-0.25, -0.2) is 0 Å². The second kappa shape index (κ2) is 3.37. The molecule has 0 spiro atoms. The Kier molecular flexibility index (Phi) is 2.33. The van der Waals surface area contributed by atoms with Crippen LogP contribution in [0.2, 0.25) is 0 Å². The number of ether oxygens (including phenoxy) is 1. The Balaban J connectivity index is 2.18. The van der Waals surface area contributed by atoms with Crippen LogP contribution in [0.3, 0.4) is 0 Å². The Bertz CT molecular complexity index is 261. The van der Waals surface area contributed by atoms with Gasteiger partial charge in [0.15, 0.2) is 0 Å². The van der Waals surface area contributed by atoms with Crippen molar-refractivity contribution in [2.45, 2.75) is 32.6 Å². The number of hydrogen-bond acceptors (Lipinski definition) is 3. The molecule has 0 aromatic heterocycles. The van der Waals surface area contributed by atoms with Gasteiger partial charge in [0.2, 0.25) is 0 Å². The normalized spacial score (nSPS) is 39.8. The first-order valence-corrected chi connectivity index (χ1v) is 5.36. The van der Waals surface area contributed by atoms with E-state index in [9.17, 15) is 9.59 Å². The van der Waals surface area contributed by atoms with Gasteiger partial charge in [0.05, 0.1) is 6.61 Å². The lowest BCUT2D eigenvalue weighted by Crippen LogP contribution is -2.39. The van der Waals surface area contributed by atoms with Crippen LogP contribution in [-0.4, -0.2) is 18.9 Å². The fourth-order valence-corrected chi connectivity index (χ4v) is 3.08. The average molecular weight is 196 g/mol. The van der Waals surface area contributed by atoms with Gasteiger partial charge in [0, 0.05) is 0 Å². The van der Waals surface area contributed by atoms with Crippen LogP contribution in [0.1, 0.15) is 32.6 Å². The minimum absolute atomic E-state index is 0.254. The molecule has 0 aromatic rings. The summed E-state index contributed by atoms with van der Waals surface area (Å²) in [6, 6.07) is 0. The minimum Gasteiger partial charge on any atom is -0.465 e. The Labute approximate surface area is 83.8 Å². The topological polar surface area (TPSA) is 43.4 Å². The first-order valence-electron chi connectivity index (χ1n) is 5.36. The summed E-state index contributed by atoms with van der Waals surface area (Å²) < 4.78 is 5.00. The van der Waals surface area contributed by atoms with Gasteiger partial charge in [0.25, 0.3) is 0 Å². The molecule has 2 bridgehead atoms. The summed E-state index contributed by atoms with van der Waals surface area (Å²) in [6.07, 6.45) is 4.80. The minimum atomic E-state index is -0.779. The van der Waals surface area contributed by atoms with Gasteiger partial charge in [-0.2, -0.15) is 0 Å². The van der Waals surface area contributed by atoms with Gasteiger partial charge >= 0.3 is 5.97 Å². The molecule has 2 aliphatic carbocycles. The maximum Gasteiger partial charge on any atom is 0.319 e. The zero-order chi connectivity index (χ0) is 10.2. The SMILES string of the molecule is CCOC(=O)C1(C=O)CC2CCC1C2. The van der Waals surface area contributed by atoms with Crippen molar-refractivity contribution in [1.29, 1.82) is 0 Å². The number of aldehydes is 1. The van der Waals surface area contributed by atoms with E-state index in [1.165, 1.54) is 6.42 Å². The zero-order valence-corrected chi connectivity index (χ0v) is 8.49. The van der Waals surface area contributed by atoms with Crippen molar-refractivity contribution in [3.63, 3.8) is 0 Å². The van der Waals surface area contributed by atoms with Gasteiger partial charge in [-0.3, -0.25) is 4.79 Å². The fourth-order valence-electron chi connectivity index (χ4n) is 3.08. The summed E-state index contributed by atoms with van der Waals surface area (Å²) in [5, 5.41) is 0. The number of carbonyl (C=O) groups excluding carboxylic acids is 2. The Morgan fingerprint density at radius 3 is 2.79 bits per heavy atom. The smallest absolute Gasteiger partial charge is 0.319 e. The van der Waals surface area contributed by atoms with Gasteiger partial charge in [-0.1, -0.05) is 6.42 Å². The molecule has 2 aliphatic rings. The van der Waals surface area contributed by atoms with Crippen molar-refractivity contribution in [2.24, 2.45) is 17.3 Å². The van der Waals surface area contributed by atoms with Crippen molar-refractivity contribution in [2.75, 3.05) is 6.61 Å². The van der Waals surface area contributed by atoms with Crippen molar-refractivity contribution < 1.29 is 14.3 Å². The molecule has 3 heteroatoms. The summed E-state index contributed by atoms with van der Waals surface area (Å²) in [6.45, 7) is 2.15. The first kappa shape index (κ1) is 9.69. The molecule has 0 amide bonds. The highest BCUT2D eigenvalue weighted by molar-refractivity contribution is 5.94. The molecule has 0 saturated heterocycles. The summed E-state index contributed by atoms with van der Waals surface area (Å²) in [5.74, 6) is 0.542. The molecule has 0 aliphatic heterocycles. The number of rotatable bonds is 3. The molecule has 0 heterocycles. The average Bonchev–Trinajstić information content (AvgIpc) is 2.77. The second-order valence-electron chi connectivity index (χ2n) is 4.46. The van der Waals surface area contributed by atoms with Crippen LogP contribution < -0.4 is 0 Å². The van der Waals surface area contributed by atoms with E-state index < -0.39 is 5.41 Å². The largest absolute Gasteiger partial charge is 0.465 e. The summed E-state index contributed by atoms with van der Waals surface area (Å²) in [7, 11) is 0. The fraction of sp³-hybridized carbons (Fsp3) is 0.818. The summed E-state index contributed by atoms with van der Waals surface area (Å²) >= 11 is 0. The lowest BCUT2D eigenvalue weighted by molar-refractivity contribution is -0.160. The van der Waals surface area contributed by atoms with Crippen LogP contribution in [0, 0.1) is 17.3 Å². The van der Waals surface area contributed by atoms with Crippen molar-refractivity contribution in [3.05, 3.63) is 0 Å². The molecule has 3 atom stereocenters. The van der Waals surface area contributed by atoms with Crippen molar-refractivity contribution in [3.8, 4) is 0 Å². The van der Waals surface area contributed by atoms with Crippen LogP contribution in [-0.2, 0) is 14.3 Å². The van der Waals surface area contributed by atoms with Crippen LogP contribution in [0.15, 0.2) is 0 Å². The van der Waals surface area contributed by atoms with E-state index in [1.54, 1.807) is 6.92 Å². The van der Waals surface area contributed by atoms with Gasteiger partial charge in [-0.15, -0.1) is 0 Å². The maximum absolute atomic E-state index is 11.7. The highest BCUT2D eigenvalue weighted by Gasteiger charge is 2.56. The van der Waals surface area contributed by atoms with E-state index in [0.29, 0.717) is 12.5 Å². The number of fused-ring (bicyclic) bond motifs is 2. The molecule has 2 saturated carbocycles. The van der Waals surface area contributed by atoms with E-state index in [0.717, 1.165) is 25.5 Å². The molecular formula is C11H16O3. The van der Waals surface area contributed by atoms with Gasteiger partial charge in [-0.05, 0) is 38.0 Å². The molecule has 2 rings (SSSR count). The molecule has 3 unspecified atom stereocenters. The number of hydrogen-bond donors (Lipinski definition) is 0. The van der Waals surface area contributed by atoms with Crippen LogP contribution in [0.25, 0.3) is 0 Å². The van der Waals surface area contributed by atoms with Gasteiger partial charge in [0.1, 0.15) is 11.7 Å². The molecule has 0 radical (unpaired) electrons. The molecule has 0 N–H and O–H groups in total. The van der Waals surface area contributed by atoms with Crippen LogP contribution >= 0.6 is 0 Å². The van der Waals surface area contributed by atoms with Crippen molar-refractivity contribution in [1.82, 2.24) is 0 Å². The Morgan fingerprint density at radius 2 is 2.36 bits per heavy atom. The lowest BCUT2D eigenvalue weighted by atomic mass is 9.74. The molecule has 3 nitrogen and oxygen atoms in total. The zero-order valence-electron chi connectivity index (χ0n) is 8.49. The third-order valence-corrected chi connectivity index (χ3v) is 3.76. The van der Waals surface area contributed by atoms with Gasteiger partial charge < -0.3 is 9.53 Å². The quantitative estimate of drug-likeness (QED) is 0.391. The van der Waals surface area contributed by atoms with Crippen LogP contribution in [0.4, 0.5) is 0 Å². The third-order valence-electron chi connectivity index (χ3n) is 3.76. The monoisotopic (exact) mass is 196 g/mol. The summed E-state index contributed by atoms with van der Waals surface area (Å²) in [5.41, 5.74) is -0.779. The number of carbonyl (C=O) groups is 2. The van der Waals surface area contributed by atoms with E-state index >= 15 is 0 Å².